The van der Waals surface area contributed by atoms with Crippen LogP contribution in [-0.2, 0) is 4.79 Å². The number of nitrogens with one attached hydrogen (secondary N) is 2. The SMILES string of the molecule is CCOc1cc(C=NNC(=O)C(NC(=O)c2ccccc2F)C(C)C)ccc1O. The van der Waals surface area contributed by atoms with Gasteiger partial charge in [0.15, 0.2) is 11.5 Å². The van der Waals surface area contributed by atoms with Crippen molar-refractivity contribution in [2.45, 2.75) is 26.8 Å². The molecule has 0 saturated carbocycles. The van der Waals surface area contributed by atoms with E-state index >= 15 is 0 Å². The maximum atomic E-state index is 13.8. The number of carbonyl (C=O) groups excluding carboxylic acids is 2. The summed E-state index contributed by atoms with van der Waals surface area (Å²) in [6, 6.07) is 9.28. The summed E-state index contributed by atoms with van der Waals surface area (Å²) in [5.41, 5.74) is 2.83. The zero-order valence-corrected chi connectivity index (χ0v) is 16.5. The Hall–Kier alpha value is -3.42. The van der Waals surface area contributed by atoms with E-state index in [1.54, 1.807) is 39.0 Å². The number of aromatic hydroxyl groups is 1. The summed E-state index contributed by atoms with van der Waals surface area (Å²) in [6.45, 7) is 5.69. The quantitative estimate of drug-likeness (QED) is 0.468. The molecular formula is C21H24FN3O4. The summed E-state index contributed by atoms with van der Waals surface area (Å²) in [6.07, 6.45) is 1.38. The van der Waals surface area contributed by atoms with Gasteiger partial charge in [0.1, 0.15) is 11.9 Å². The number of phenolic OH excluding ortho intramolecular Hbond substituents is 1. The molecule has 0 aliphatic carbocycles. The van der Waals surface area contributed by atoms with Crippen molar-refractivity contribution in [3.05, 3.63) is 59.4 Å². The fourth-order valence-corrected chi connectivity index (χ4v) is 2.52. The Balaban J connectivity index is 2.04. The van der Waals surface area contributed by atoms with E-state index in [0.29, 0.717) is 17.9 Å². The average molecular weight is 401 g/mol. The van der Waals surface area contributed by atoms with Crippen LogP contribution in [0, 0.1) is 11.7 Å². The lowest BCUT2D eigenvalue weighted by Crippen LogP contribution is -2.48. The van der Waals surface area contributed by atoms with Gasteiger partial charge in [0, 0.05) is 0 Å². The highest BCUT2D eigenvalue weighted by Gasteiger charge is 2.25. The van der Waals surface area contributed by atoms with Crippen LogP contribution in [0.4, 0.5) is 4.39 Å². The molecule has 29 heavy (non-hydrogen) atoms. The average Bonchev–Trinajstić information content (AvgIpc) is 2.68. The van der Waals surface area contributed by atoms with Gasteiger partial charge in [-0.1, -0.05) is 26.0 Å². The largest absolute Gasteiger partial charge is 0.504 e. The van der Waals surface area contributed by atoms with Gasteiger partial charge in [-0.25, -0.2) is 9.82 Å². The molecule has 2 amide bonds. The monoisotopic (exact) mass is 401 g/mol. The molecular weight excluding hydrogens is 377 g/mol. The number of hydrogen-bond donors (Lipinski definition) is 3. The summed E-state index contributed by atoms with van der Waals surface area (Å²) >= 11 is 0. The molecule has 154 valence electrons. The summed E-state index contributed by atoms with van der Waals surface area (Å²) in [7, 11) is 0. The van der Waals surface area contributed by atoms with Gasteiger partial charge in [0.2, 0.25) is 0 Å². The van der Waals surface area contributed by atoms with E-state index in [9.17, 15) is 19.1 Å². The highest BCUT2D eigenvalue weighted by Crippen LogP contribution is 2.26. The topological polar surface area (TPSA) is 100 Å². The number of hydrogen-bond acceptors (Lipinski definition) is 5. The third-order valence-corrected chi connectivity index (χ3v) is 4.03. The maximum absolute atomic E-state index is 13.8. The second kappa shape index (κ2) is 10.2. The van der Waals surface area contributed by atoms with Crippen molar-refractivity contribution in [2.24, 2.45) is 11.0 Å². The molecule has 1 atom stereocenters. The molecule has 8 heteroatoms. The van der Waals surface area contributed by atoms with E-state index in [4.69, 9.17) is 4.74 Å². The van der Waals surface area contributed by atoms with Crippen molar-refractivity contribution >= 4 is 18.0 Å². The first-order valence-corrected chi connectivity index (χ1v) is 9.17. The zero-order valence-electron chi connectivity index (χ0n) is 16.5. The Morgan fingerprint density at radius 1 is 1.24 bits per heavy atom. The van der Waals surface area contributed by atoms with Crippen LogP contribution in [0.3, 0.4) is 0 Å². The molecule has 3 N–H and O–H groups in total. The summed E-state index contributed by atoms with van der Waals surface area (Å²) in [5, 5.41) is 16.1. The minimum absolute atomic E-state index is 0.00349. The number of halogens is 1. The lowest BCUT2D eigenvalue weighted by molar-refractivity contribution is -0.123. The second-order valence-electron chi connectivity index (χ2n) is 6.57. The van der Waals surface area contributed by atoms with Crippen molar-refractivity contribution in [3.8, 4) is 11.5 Å². The number of phenols is 1. The van der Waals surface area contributed by atoms with Crippen LogP contribution < -0.4 is 15.5 Å². The Morgan fingerprint density at radius 3 is 2.62 bits per heavy atom. The molecule has 0 heterocycles. The minimum Gasteiger partial charge on any atom is -0.504 e. The summed E-state index contributed by atoms with van der Waals surface area (Å²) in [5.74, 6) is -1.82. The van der Waals surface area contributed by atoms with E-state index in [2.05, 4.69) is 15.8 Å². The molecule has 2 aromatic rings. The number of amides is 2. The molecule has 0 spiro atoms. The Labute approximate surface area is 168 Å². The zero-order chi connectivity index (χ0) is 21.4. The molecule has 1 unspecified atom stereocenters. The van der Waals surface area contributed by atoms with Crippen LogP contribution in [0.5, 0.6) is 11.5 Å². The Morgan fingerprint density at radius 2 is 1.97 bits per heavy atom. The second-order valence-corrected chi connectivity index (χ2v) is 6.57. The van der Waals surface area contributed by atoms with Gasteiger partial charge in [0.25, 0.3) is 11.8 Å². The molecule has 0 aliphatic rings. The number of nitrogens with zero attached hydrogens (tertiary/aromatic N) is 1. The predicted octanol–water partition coefficient (Wildman–Crippen LogP) is 2.83. The van der Waals surface area contributed by atoms with Crippen LogP contribution >= 0.6 is 0 Å². The standard InChI is InChI=1S/C21H24FN3O4/c1-4-29-18-11-14(9-10-17(18)26)12-23-25-21(28)19(13(2)3)24-20(27)15-7-5-6-8-16(15)22/h5-13,19,26H,4H2,1-3H3,(H,24,27)(H,25,28). The van der Waals surface area contributed by atoms with Crippen molar-refractivity contribution < 1.29 is 23.8 Å². The van der Waals surface area contributed by atoms with Crippen molar-refractivity contribution in [3.63, 3.8) is 0 Å². The molecule has 0 bridgehead atoms. The van der Waals surface area contributed by atoms with E-state index < -0.39 is 23.7 Å². The van der Waals surface area contributed by atoms with Gasteiger partial charge in [-0.3, -0.25) is 9.59 Å². The molecule has 0 radical (unpaired) electrons. The van der Waals surface area contributed by atoms with Gasteiger partial charge in [-0.15, -0.1) is 0 Å². The first-order valence-electron chi connectivity index (χ1n) is 9.17. The Bertz CT molecular complexity index is 899. The van der Waals surface area contributed by atoms with Gasteiger partial charge in [0.05, 0.1) is 18.4 Å². The maximum Gasteiger partial charge on any atom is 0.262 e. The third-order valence-electron chi connectivity index (χ3n) is 4.03. The van der Waals surface area contributed by atoms with E-state index in [1.165, 1.54) is 30.5 Å². The van der Waals surface area contributed by atoms with Gasteiger partial charge in [-0.2, -0.15) is 5.10 Å². The highest BCUT2D eigenvalue weighted by molar-refractivity contribution is 5.98. The van der Waals surface area contributed by atoms with Crippen LogP contribution in [-0.4, -0.2) is 35.8 Å². The molecule has 0 aliphatic heterocycles. The predicted molar refractivity (Wildman–Crippen MR) is 108 cm³/mol. The van der Waals surface area contributed by atoms with E-state index in [1.807, 2.05) is 0 Å². The smallest absolute Gasteiger partial charge is 0.262 e. The highest BCUT2D eigenvalue weighted by atomic mass is 19.1. The van der Waals surface area contributed by atoms with Crippen LogP contribution in [0.25, 0.3) is 0 Å². The molecule has 0 saturated heterocycles. The molecule has 0 fully saturated rings. The number of rotatable bonds is 8. The third kappa shape index (κ3) is 6.03. The van der Waals surface area contributed by atoms with Crippen LogP contribution in [0.2, 0.25) is 0 Å². The fourth-order valence-electron chi connectivity index (χ4n) is 2.52. The number of ether oxygens (including phenoxy) is 1. The number of benzene rings is 2. The summed E-state index contributed by atoms with van der Waals surface area (Å²) < 4.78 is 19.1. The summed E-state index contributed by atoms with van der Waals surface area (Å²) in [4.78, 5) is 24.8. The lowest BCUT2D eigenvalue weighted by atomic mass is 10.0. The Kier molecular flexibility index (Phi) is 7.70. The number of carbonyl (C=O) groups is 2. The van der Waals surface area contributed by atoms with E-state index in [0.717, 1.165) is 0 Å². The molecule has 7 nitrogen and oxygen atoms in total. The fraction of sp³-hybridized carbons (Fsp3) is 0.286. The van der Waals surface area contributed by atoms with Crippen molar-refractivity contribution in [2.75, 3.05) is 6.61 Å². The number of hydrazone groups is 1. The van der Waals surface area contributed by atoms with Gasteiger partial charge in [-0.05, 0) is 48.7 Å². The first kappa shape index (κ1) is 21.9. The van der Waals surface area contributed by atoms with Crippen molar-refractivity contribution in [1.82, 2.24) is 10.7 Å². The normalized spacial score (nSPS) is 12.0. The first-order chi connectivity index (χ1) is 13.8. The molecule has 2 rings (SSSR count). The van der Waals surface area contributed by atoms with Gasteiger partial charge >= 0.3 is 0 Å². The lowest BCUT2D eigenvalue weighted by Gasteiger charge is -2.20. The van der Waals surface area contributed by atoms with Crippen LogP contribution in [0.1, 0.15) is 36.7 Å². The van der Waals surface area contributed by atoms with Gasteiger partial charge < -0.3 is 15.2 Å². The minimum atomic E-state index is -0.905. The van der Waals surface area contributed by atoms with Crippen LogP contribution in [0.15, 0.2) is 47.6 Å². The van der Waals surface area contributed by atoms with Crippen molar-refractivity contribution in [1.29, 1.82) is 0 Å². The molecule has 0 aromatic heterocycles. The van der Waals surface area contributed by atoms with E-state index in [-0.39, 0.29) is 17.2 Å². The molecule has 2 aromatic carbocycles.